The number of carbonyl (C=O) groups excluding carboxylic acids is 1. The molecule has 60 valence electrons. The third kappa shape index (κ3) is 1.69. The molecule has 0 atom stereocenters. The van der Waals surface area contributed by atoms with E-state index >= 15 is 0 Å². The molecule has 0 bridgehead atoms. The van der Waals surface area contributed by atoms with E-state index in [-0.39, 0.29) is 0 Å². The van der Waals surface area contributed by atoms with Gasteiger partial charge in [0, 0.05) is 0 Å². The third-order valence-electron chi connectivity index (χ3n) is 1.33. The first-order chi connectivity index (χ1) is 5.02. The maximum atomic E-state index is 11.7. The number of ketones is 1. The fourth-order valence-corrected chi connectivity index (χ4v) is 0.796. The van der Waals surface area contributed by atoms with Gasteiger partial charge in [0.25, 0.3) is 0 Å². The van der Waals surface area contributed by atoms with Gasteiger partial charge in [0.1, 0.15) is 0 Å². The van der Waals surface area contributed by atoms with Crippen molar-refractivity contribution in [3.63, 3.8) is 0 Å². The van der Waals surface area contributed by atoms with E-state index in [0.29, 0.717) is 0 Å². The van der Waals surface area contributed by atoms with Gasteiger partial charge in [0.2, 0.25) is 5.78 Å². The highest BCUT2D eigenvalue weighted by molar-refractivity contribution is 5.89. The van der Waals surface area contributed by atoms with Crippen LogP contribution in [-0.4, -0.2) is 12.0 Å². The molecule has 0 aromatic heterocycles. The Balaban J connectivity index is 2.70. The highest BCUT2D eigenvalue weighted by Gasteiger charge is 2.41. The van der Waals surface area contributed by atoms with E-state index in [0.717, 1.165) is 0 Å². The SMILES string of the molecule is O=C(C1C=CC=C1)C(F)(F)F. The average molecular weight is 162 g/mol. The molecule has 0 aliphatic heterocycles. The summed E-state index contributed by atoms with van der Waals surface area (Å²) >= 11 is 0. The number of hydrogen-bond donors (Lipinski definition) is 0. The molecule has 0 fully saturated rings. The van der Waals surface area contributed by atoms with Crippen LogP contribution in [0.25, 0.3) is 0 Å². The van der Waals surface area contributed by atoms with E-state index < -0.39 is 17.9 Å². The lowest BCUT2D eigenvalue weighted by atomic mass is 10.1. The van der Waals surface area contributed by atoms with Crippen LogP contribution < -0.4 is 0 Å². The second-order valence-corrected chi connectivity index (χ2v) is 2.16. The Kier molecular flexibility index (Phi) is 1.85. The van der Waals surface area contributed by atoms with Gasteiger partial charge in [0.15, 0.2) is 0 Å². The third-order valence-corrected chi connectivity index (χ3v) is 1.33. The molecule has 1 aliphatic rings. The Hall–Kier alpha value is -1.06. The highest BCUT2D eigenvalue weighted by atomic mass is 19.4. The molecule has 1 rings (SSSR count). The van der Waals surface area contributed by atoms with Crippen LogP contribution >= 0.6 is 0 Å². The summed E-state index contributed by atoms with van der Waals surface area (Å²) < 4.78 is 35.1. The lowest BCUT2D eigenvalue weighted by Crippen LogP contribution is -2.27. The zero-order valence-corrected chi connectivity index (χ0v) is 5.43. The van der Waals surface area contributed by atoms with Crippen LogP contribution in [0.2, 0.25) is 0 Å². The standard InChI is InChI=1S/C7H5F3O/c8-7(9,10)6(11)5-3-1-2-4-5/h1-5H. The largest absolute Gasteiger partial charge is 0.450 e. The van der Waals surface area contributed by atoms with Gasteiger partial charge < -0.3 is 0 Å². The maximum Gasteiger partial charge on any atom is 0.450 e. The molecule has 1 nitrogen and oxygen atoms in total. The van der Waals surface area contributed by atoms with E-state index in [4.69, 9.17) is 0 Å². The quantitative estimate of drug-likeness (QED) is 0.575. The number of hydrogen-bond acceptors (Lipinski definition) is 1. The fraction of sp³-hybridized carbons (Fsp3) is 0.286. The molecule has 0 unspecified atom stereocenters. The topological polar surface area (TPSA) is 17.1 Å². The van der Waals surface area contributed by atoms with Gasteiger partial charge in [-0.3, -0.25) is 4.79 Å². The Morgan fingerprint density at radius 1 is 1.18 bits per heavy atom. The van der Waals surface area contributed by atoms with Gasteiger partial charge in [0.05, 0.1) is 5.92 Å². The Bertz CT molecular complexity index is 212. The van der Waals surface area contributed by atoms with Gasteiger partial charge in [-0.1, -0.05) is 24.3 Å². The lowest BCUT2D eigenvalue weighted by molar-refractivity contribution is -0.172. The number of alkyl halides is 3. The summed E-state index contributed by atoms with van der Waals surface area (Å²) in [4.78, 5) is 10.4. The van der Waals surface area contributed by atoms with E-state index in [9.17, 15) is 18.0 Å². The first-order valence-corrected chi connectivity index (χ1v) is 2.98. The second-order valence-electron chi connectivity index (χ2n) is 2.16. The van der Waals surface area contributed by atoms with Crippen LogP contribution in [0.15, 0.2) is 24.3 Å². The summed E-state index contributed by atoms with van der Waals surface area (Å²) in [5.74, 6) is -2.81. The predicted molar refractivity (Wildman–Crippen MR) is 32.8 cm³/mol. The first kappa shape index (κ1) is 8.04. The summed E-state index contributed by atoms with van der Waals surface area (Å²) in [6.45, 7) is 0. The average Bonchev–Trinajstić information content (AvgIpc) is 2.34. The van der Waals surface area contributed by atoms with Crippen LogP contribution in [0.3, 0.4) is 0 Å². The molecule has 0 amide bonds. The minimum Gasteiger partial charge on any atom is -0.289 e. The molecule has 0 N–H and O–H groups in total. The molecule has 4 heteroatoms. The van der Waals surface area contributed by atoms with Crippen molar-refractivity contribution in [2.24, 2.45) is 5.92 Å². The number of rotatable bonds is 1. The lowest BCUT2D eigenvalue weighted by Gasteiger charge is -2.06. The van der Waals surface area contributed by atoms with Crippen LogP contribution in [0.4, 0.5) is 13.2 Å². The molecule has 0 aromatic carbocycles. The van der Waals surface area contributed by atoms with Crippen LogP contribution in [0.5, 0.6) is 0 Å². The van der Waals surface area contributed by atoms with Crippen molar-refractivity contribution in [1.29, 1.82) is 0 Å². The van der Waals surface area contributed by atoms with Crippen molar-refractivity contribution in [2.75, 3.05) is 0 Å². The zero-order chi connectivity index (χ0) is 8.48. The van der Waals surface area contributed by atoms with Crippen LogP contribution in [0.1, 0.15) is 0 Å². The van der Waals surface area contributed by atoms with Crippen molar-refractivity contribution in [1.82, 2.24) is 0 Å². The van der Waals surface area contributed by atoms with Crippen molar-refractivity contribution in [3.8, 4) is 0 Å². The number of carbonyl (C=O) groups is 1. The van der Waals surface area contributed by atoms with Crippen molar-refractivity contribution in [3.05, 3.63) is 24.3 Å². The van der Waals surface area contributed by atoms with Gasteiger partial charge in [-0.2, -0.15) is 13.2 Å². The Morgan fingerprint density at radius 2 is 1.64 bits per heavy atom. The molecule has 0 aromatic rings. The molecule has 0 saturated heterocycles. The van der Waals surface area contributed by atoms with Gasteiger partial charge >= 0.3 is 6.18 Å². The summed E-state index contributed by atoms with van der Waals surface area (Å²) in [5, 5.41) is 0. The second kappa shape index (κ2) is 2.53. The fourth-order valence-electron chi connectivity index (χ4n) is 0.796. The molecule has 0 radical (unpaired) electrons. The Labute approximate surface area is 61.2 Å². The molecular weight excluding hydrogens is 157 g/mol. The van der Waals surface area contributed by atoms with Crippen LogP contribution in [0, 0.1) is 5.92 Å². The number of allylic oxidation sites excluding steroid dienone is 4. The summed E-state index contributed by atoms with van der Waals surface area (Å²) in [5.41, 5.74) is 0. The molecule has 1 aliphatic carbocycles. The van der Waals surface area contributed by atoms with Crippen molar-refractivity contribution >= 4 is 5.78 Å². The highest BCUT2D eigenvalue weighted by Crippen LogP contribution is 2.24. The van der Waals surface area contributed by atoms with Gasteiger partial charge in [-0.05, 0) is 0 Å². The van der Waals surface area contributed by atoms with Crippen LogP contribution in [-0.2, 0) is 4.79 Å². The minimum absolute atomic E-state index is 1.10. The maximum absolute atomic E-state index is 11.7. The van der Waals surface area contributed by atoms with E-state index in [1.807, 2.05) is 0 Å². The smallest absolute Gasteiger partial charge is 0.289 e. The summed E-state index contributed by atoms with van der Waals surface area (Å²) in [6, 6.07) is 0. The zero-order valence-electron chi connectivity index (χ0n) is 5.43. The molecule has 0 spiro atoms. The van der Waals surface area contributed by atoms with Crippen molar-refractivity contribution < 1.29 is 18.0 Å². The normalized spacial score (nSPS) is 17.7. The molecule has 0 saturated carbocycles. The van der Waals surface area contributed by atoms with E-state index in [1.165, 1.54) is 24.3 Å². The first-order valence-electron chi connectivity index (χ1n) is 2.98. The van der Waals surface area contributed by atoms with Gasteiger partial charge in [-0.25, -0.2) is 0 Å². The number of Topliss-reactive ketones (excluding diaryl/α,β-unsaturated/α-hetero) is 1. The Morgan fingerprint density at radius 3 is 2.00 bits per heavy atom. The van der Waals surface area contributed by atoms with Gasteiger partial charge in [-0.15, -0.1) is 0 Å². The minimum atomic E-state index is -4.72. The summed E-state index contributed by atoms with van der Waals surface area (Å²) in [7, 11) is 0. The van der Waals surface area contributed by atoms with E-state index in [2.05, 4.69) is 0 Å². The molecule has 11 heavy (non-hydrogen) atoms. The molecular formula is C7H5F3O. The molecule has 0 heterocycles. The predicted octanol–water partition coefficient (Wildman–Crippen LogP) is 1.86. The van der Waals surface area contributed by atoms with E-state index in [1.54, 1.807) is 0 Å². The monoisotopic (exact) mass is 162 g/mol. The number of halogens is 3. The summed E-state index contributed by atoms with van der Waals surface area (Å²) in [6.07, 6.45) is 0.567. The van der Waals surface area contributed by atoms with Crippen molar-refractivity contribution in [2.45, 2.75) is 6.18 Å².